The lowest BCUT2D eigenvalue weighted by molar-refractivity contribution is 0.356. The van der Waals surface area contributed by atoms with Crippen LogP contribution >= 0.6 is 0 Å². The van der Waals surface area contributed by atoms with Gasteiger partial charge in [-0.2, -0.15) is 4.98 Å². The minimum absolute atomic E-state index is 0.205. The summed E-state index contributed by atoms with van der Waals surface area (Å²) in [7, 11) is 3.15. The highest BCUT2D eigenvalue weighted by Crippen LogP contribution is 2.34. The van der Waals surface area contributed by atoms with Crippen LogP contribution in [0.3, 0.4) is 0 Å². The zero-order valence-corrected chi connectivity index (χ0v) is 15.9. The number of para-hydroxylation sites is 1. The van der Waals surface area contributed by atoms with E-state index in [0.29, 0.717) is 66.0 Å². The molecule has 3 aromatic rings. The SMILES string of the molecule is COc1cc2nc(N3CCN(c4ccccc4F)CC3)nc(N)c2cc1OC. The molecule has 0 aliphatic carbocycles. The maximum absolute atomic E-state index is 14.0. The number of hydrogen-bond acceptors (Lipinski definition) is 7. The van der Waals surface area contributed by atoms with Crippen molar-refractivity contribution < 1.29 is 13.9 Å². The van der Waals surface area contributed by atoms with Gasteiger partial charge in [-0.05, 0) is 18.2 Å². The van der Waals surface area contributed by atoms with Crippen molar-refractivity contribution in [3.63, 3.8) is 0 Å². The number of rotatable bonds is 4. The summed E-state index contributed by atoms with van der Waals surface area (Å²) in [5.74, 6) is 1.91. The molecule has 2 N–H and O–H groups in total. The van der Waals surface area contributed by atoms with Crippen LogP contribution in [0.2, 0.25) is 0 Å². The Labute approximate surface area is 162 Å². The predicted octanol–water partition coefficient (Wildman–Crippen LogP) is 2.69. The maximum Gasteiger partial charge on any atom is 0.228 e. The lowest BCUT2D eigenvalue weighted by atomic mass is 10.2. The van der Waals surface area contributed by atoms with Crippen molar-refractivity contribution in [1.29, 1.82) is 0 Å². The van der Waals surface area contributed by atoms with E-state index in [1.807, 2.05) is 11.0 Å². The second-order valence-electron chi connectivity index (χ2n) is 6.56. The van der Waals surface area contributed by atoms with Gasteiger partial charge in [-0.3, -0.25) is 0 Å². The molecule has 0 radical (unpaired) electrons. The Bertz CT molecular complexity index is 1010. The molecule has 1 fully saturated rings. The Morgan fingerprint density at radius 2 is 1.57 bits per heavy atom. The van der Waals surface area contributed by atoms with Gasteiger partial charge >= 0.3 is 0 Å². The third-order valence-electron chi connectivity index (χ3n) is 4.97. The zero-order chi connectivity index (χ0) is 19.7. The van der Waals surface area contributed by atoms with E-state index < -0.39 is 0 Å². The Balaban J connectivity index is 1.59. The van der Waals surface area contributed by atoms with Gasteiger partial charge < -0.3 is 25.0 Å². The first-order valence-electron chi connectivity index (χ1n) is 9.04. The molecular weight excluding hydrogens is 361 g/mol. The first-order chi connectivity index (χ1) is 13.6. The number of nitrogens with zero attached hydrogens (tertiary/aromatic N) is 4. The van der Waals surface area contributed by atoms with Crippen LogP contribution in [0.25, 0.3) is 10.9 Å². The van der Waals surface area contributed by atoms with E-state index >= 15 is 0 Å². The van der Waals surface area contributed by atoms with Gasteiger partial charge in [0.1, 0.15) is 11.6 Å². The standard InChI is InChI=1S/C20H22FN5O2/c1-27-17-11-13-15(12-18(17)28-2)23-20(24-19(13)22)26-9-7-25(8-10-26)16-6-4-3-5-14(16)21/h3-6,11-12H,7-10H2,1-2H3,(H2,22,23,24). The summed E-state index contributed by atoms with van der Waals surface area (Å²) in [6, 6.07) is 10.4. The number of nitrogens with two attached hydrogens (primary N) is 1. The van der Waals surface area contributed by atoms with E-state index in [-0.39, 0.29) is 5.82 Å². The van der Waals surface area contributed by atoms with Crippen molar-refractivity contribution in [1.82, 2.24) is 9.97 Å². The average molecular weight is 383 g/mol. The molecule has 1 aliphatic rings. The maximum atomic E-state index is 14.0. The molecular formula is C20H22FN5O2. The van der Waals surface area contributed by atoms with Gasteiger partial charge in [0, 0.05) is 37.6 Å². The van der Waals surface area contributed by atoms with E-state index in [9.17, 15) is 4.39 Å². The smallest absolute Gasteiger partial charge is 0.228 e. The molecule has 7 nitrogen and oxygen atoms in total. The zero-order valence-electron chi connectivity index (χ0n) is 15.9. The monoisotopic (exact) mass is 383 g/mol. The van der Waals surface area contributed by atoms with E-state index in [1.165, 1.54) is 6.07 Å². The van der Waals surface area contributed by atoms with E-state index in [2.05, 4.69) is 14.9 Å². The Hall–Kier alpha value is -3.29. The summed E-state index contributed by atoms with van der Waals surface area (Å²) >= 11 is 0. The molecule has 1 aliphatic heterocycles. The fourth-order valence-electron chi connectivity index (χ4n) is 3.46. The number of hydrogen-bond donors (Lipinski definition) is 1. The van der Waals surface area contributed by atoms with Crippen LogP contribution in [0, 0.1) is 5.82 Å². The van der Waals surface area contributed by atoms with Gasteiger partial charge in [0.15, 0.2) is 11.5 Å². The summed E-state index contributed by atoms with van der Waals surface area (Å²) in [5, 5.41) is 0.714. The van der Waals surface area contributed by atoms with Crippen molar-refractivity contribution in [2.75, 3.05) is 55.9 Å². The van der Waals surface area contributed by atoms with Gasteiger partial charge in [-0.15, -0.1) is 0 Å². The third-order valence-corrected chi connectivity index (χ3v) is 4.97. The van der Waals surface area contributed by atoms with Crippen LogP contribution in [0.5, 0.6) is 11.5 Å². The number of anilines is 3. The van der Waals surface area contributed by atoms with Gasteiger partial charge in [0.25, 0.3) is 0 Å². The molecule has 0 atom stereocenters. The molecule has 8 heteroatoms. The molecule has 2 heterocycles. The topological polar surface area (TPSA) is 76.7 Å². The number of benzene rings is 2. The number of methoxy groups -OCH3 is 2. The number of piperazine rings is 1. The van der Waals surface area contributed by atoms with Crippen molar-refractivity contribution in [3.8, 4) is 11.5 Å². The molecule has 1 aromatic heterocycles. The van der Waals surface area contributed by atoms with Crippen LogP contribution in [0.4, 0.5) is 21.8 Å². The molecule has 0 saturated carbocycles. The van der Waals surface area contributed by atoms with Crippen LogP contribution in [0.1, 0.15) is 0 Å². The average Bonchev–Trinajstić information content (AvgIpc) is 2.73. The largest absolute Gasteiger partial charge is 0.493 e. The van der Waals surface area contributed by atoms with Crippen molar-refractivity contribution in [2.24, 2.45) is 0 Å². The van der Waals surface area contributed by atoms with E-state index in [0.717, 1.165) is 0 Å². The van der Waals surface area contributed by atoms with Gasteiger partial charge in [-0.1, -0.05) is 12.1 Å². The second-order valence-corrected chi connectivity index (χ2v) is 6.56. The highest BCUT2D eigenvalue weighted by Gasteiger charge is 2.22. The number of nitrogen functional groups attached to an aromatic ring is 1. The summed E-state index contributed by atoms with van der Waals surface area (Å²) < 4.78 is 24.7. The summed E-state index contributed by atoms with van der Waals surface area (Å²) in [5.41, 5.74) is 7.50. The normalized spacial score (nSPS) is 14.4. The summed E-state index contributed by atoms with van der Waals surface area (Å²) in [4.78, 5) is 13.2. The number of halogens is 1. The second kappa shape index (κ2) is 7.38. The molecule has 0 spiro atoms. The molecule has 0 bridgehead atoms. The van der Waals surface area contributed by atoms with E-state index in [1.54, 1.807) is 38.5 Å². The van der Waals surface area contributed by atoms with Gasteiger partial charge in [-0.25, -0.2) is 9.37 Å². The number of aromatic nitrogens is 2. The van der Waals surface area contributed by atoms with Crippen molar-refractivity contribution in [2.45, 2.75) is 0 Å². The first-order valence-corrected chi connectivity index (χ1v) is 9.04. The Morgan fingerprint density at radius 3 is 2.25 bits per heavy atom. The highest BCUT2D eigenvalue weighted by atomic mass is 19.1. The third kappa shape index (κ3) is 3.21. The fraction of sp³-hybridized carbons (Fsp3) is 0.300. The van der Waals surface area contributed by atoms with Crippen LogP contribution in [-0.4, -0.2) is 50.4 Å². The summed E-state index contributed by atoms with van der Waals surface area (Å²) in [6.07, 6.45) is 0. The highest BCUT2D eigenvalue weighted by molar-refractivity contribution is 5.91. The van der Waals surface area contributed by atoms with Gasteiger partial charge in [0.05, 0.1) is 25.4 Å². The van der Waals surface area contributed by atoms with Crippen molar-refractivity contribution >= 4 is 28.4 Å². The molecule has 1 saturated heterocycles. The van der Waals surface area contributed by atoms with E-state index in [4.69, 9.17) is 15.2 Å². The molecule has 4 rings (SSSR count). The minimum Gasteiger partial charge on any atom is -0.493 e. The van der Waals surface area contributed by atoms with Crippen LogP contribution in [-0.2, 0) is 0 Å². The fourth-order valence-corrected chi connectivity index (χ4v) is 3.46. The Morgan fingerprint density at radius 1 is 0.929 bits per heavy atom. The quantitative estimate of drug-likeness (QED) is 0.742. The van der Waals surface area contributed by atoms with Gasteiger partial charge in [0.2, 0.25) is 5.95 Å². The van der Waals surface area contributed by atoms with Crippen LogP contribution in [0.15, 0.2) is 36.4 Å². The molecule has 146 valence electrons. The molecule has 28 heavy (non-hydrogen) atoms. The Kier molecular flexibility index (Phi) is 4.77. The first kappa shape index (κ1) is 18.1. The van der Waals surface area contributed by atoms with Crippen molar-refractivity contribution in [3.05, 3.63) is 42.2 Å². The van der Waals surface area contributed by atoms with Crippen LogP contribution < -0.4 is 25.0 Å². The molecule has 0 unspecified atom stereocenters. The predicted molar refractivity (Wildman–Crippen MR) is 108 cm³/mol. The lowest BCUT2D eigenvalue weighted by Crippen LogP contribution is -2.47. The molecule has 0 amide bonds. The number of ether oxygens (including phenoxy) is 2. The number of fused-ring (bicyclic) bond motifs is 1. The molecule has 2 aromatic carbocycles. The summed E-state index contributed by atoms with van der Waals surface area (Å²) in [6.45, 7) is 2.70. The minimum atomic E-state index is -0.205. The lowest BCUT2D eigenvalue weighted by Gasteiger charge is -2.36.